The summed E-state index contributed by atoms with van der Waals surface area (Å²) < 4.78 is 7.06. The summed E-state index contributed by atoms with van der Waals surface area (Å²) in [5, 5.41) is 3.91. The van der Waals surface area contributed by atoms with Crippen LogP contribution in [-0.4, -0.2) is 8.07 Å². The Labute approximate surface area is 309 Å². The van der Waals surface area contributed by atoms with Crippen molar-refractivity contribution in [2.24, 2.45) is 0 Å². The summed E-state index contributed by atoms with van der Waals surface area (Å²) in [6.45, 7) is 14.1. The van der Waals surface area contributed by atoms with Gasteiger partial charge >= 0.3 is 312 Å². The summed E-state index contributed by atoms with van der Waals surface area (Å²) in [6.07, 6.45) is 13.7. The first-order valence-corrected chi connectivity index (χ1v) is 33.8. The number of hydrogen-bond donors (Lipinski definition) is 0. The Hall–Kier alpha value is -2.55. The van der Waals surface area contributed by atoms with Gasteiger partial charge in [0, 0.05) is 0 Å². The van der Waals surface area contributed by atoms with Gasteiger partial charge in [-0.2, -0.15) is 0 Å². The summed E-state index contributed by atoms with van der Waals surface area (Å²) in [5.41, 5.74) is 15.1. The summed E-state index contributed by atoms with van der Waals surface area (Å²) >= 11 is -3.15. The van der Waals surface area contributed by atoms with E-state index in [1.54, 1.807) is 22.3 Å². The van der Waals surface area contributed by atoms with Gasteiger partial charge in [-0.25, -0.2) is 0 Å². The predicted molar refractivity (Wildman–Crippen MR) is 220 cm³/mol. The van der Waals surface area contributed by atoms with Crippen molar-refractivity contribution in [3.63, 3.8) is 0 Å². The van der Waals surface area contributed by atoms with Gasteiger partial charge in [0.25, 0.3) is 0 Å². The van der Waals surface area contributed by atoms with E-state index in [0.717, 1.165) is 0 Å². The van der Waals surface area contributed by atoms with Crippen LogP contribution in [0.2, 0.25) is 21.4 Å². The van der Waals surface area contributed by atoms with Crippen molar-refractivity contribution in [2.45, 2.75) is 121 Å². The summed E-state index contributed by atoms with van der Waals surface area (Å²) in [7, 11) is -2.03. The van der Waals surface area contributed by atoms with Gasteiger partial charge in [0.15, 0.2) is 0 Å². The van der Waals surface area contributed by atoms with E-state index in [0.29, 0.717) is 19.2 Å². The van der Waals surface area contributed by atoms with Gasteiger partial charge in [-0.3, -0.25) is 0 Å². The molecule has 4 aromatic carbocycles. The van der Waals surface area contributed by atoms with E-state index in [1.165, 1.54) is 84.0 Å². The van der Waals surface area contributed by atoms with Gasteiger partial charge < -0.3 is 0 Å². The second-order valence-electron chi connectivity index (χ2n) is 17.1. The molecule has 0 bridgehead atoms. The third-order valence-electron chi connectivity index (χ3n) is 12.9. The number of hydrogen-bond acceptors (Lipinski definition) is 0. The second kappa shape index (κ2) is 14.5. The second-order valence-corrected chi connectivity index (χ2v) is 38.6. The van der Waals surface area contributed by atoms with Gasteiger partial charge in [-0.15, -0.1) is 0 Å². The molecule has 3 aliphatic rings. The Morgan fingerprint density at radius 2 is 0.980 bits per heavy atom. The molecule has 1 saturated heterocycles. The van der Waals surface area contributed by atoms with Crippen LogP contribution in [0.3, 0.4) is 0 Å². The van der Waals surface area contributed by atoms with Gasteiger partial charge in [0.05, 0.1) is 0 Å². The van der Waals surface area contributed by atoms with Crippen LogP contribution in [0.1, 0.15) is 133 Å². The van der Waals surface area contributed by atoms with Crippen molar-refractivity contribution >= 4 is 20.2 Å². The molecule has 0 radical (unpaired) electrons. The fourth-order valence-electron chi connectivity index (χ4n) is 10.3. The number of allylic oxidation sites excluding steroid dienone is 2. The van der Waals surface area contributed by atoms with E-state index in [1.807, 2.05) is 10.4 Å². The van der Waals surface area contributed by atoms with Crippen LogP contribution >= 0.6 is 0 Å². The van der Waals surface area contributed by atoms with Crippen molar-refractivity contribution in [1.82, 2.24) is 0 Å². The Kier molecular flexibility index (Phi) is 10.4. The molecule has 2 unspecified atom stereocenters. The number of fused-ring (bicyclic) bond motifs is 6. The van der Waals surface area contributed by atoms with E-state index >= 15 is 0 Å². The van der Waals surface area contributed by atoms with E-state index in [4.69, 9.17) is 0 Å². The van der Waals surface area contributed by atoms with Crippen LogP contribution in [0.5, 0.6) is 0 Å². The quantitative estimate of drug-likeness (QED) is 0.0985. The number of rotatable bonds is 12. The molecule has 0 spiro atoms. The number of benzene rings is 4. The van der Waals surface area contributed by atoms with Crippen LogP contribution in [0.15, 0.2) is 95.3 Å². The van der Waals surface area contributed by atoms with Crippen molar-refractivity contribution in [1.29, 1.82) is 0 Å². The van der Waals surface area contributed by atoms with Gasteiger partial charge in [0.1, 0.15) is 0 Å². The normalized spacial score (nSPS) is 19.6. The van der Waals surface area contributed by atoms with Gasteiger partial charge in [-0.1, -0.05) is 0 Å². The predicted octanol–water partition coefficient (Wildman–Crippen LogP) is 15.0. The molecule has 1 heterocycles. The van der Waals surface area contributed by atoms with Crippen molar-refractivity contribution in [2.75, 3.05) is 0 Å². The minimum atomic E-state index is -3.15. The van der Waals surface area contributed by atoms with Crippen LogP contribution in [0.25, 0.3) is 34.4 Å². The molecule has 2 aliphatic carbocycles. The average molecular weight is 844 g/mol. The van der Waals surface area contributed by atoms with E-state index in [-0.39, 0.29) is 0 Å². The summed E-state index contributed by atoms with van der Waals surface area (Å²) in [6, 6.07) is 36.6. The van der Waals surface area contributed by atoms with E-state index in [9.17, 15) is 0 Å². The molecule has 50 heavy (non-hydrogen) atoms. The average Bonchev–Trinajstić information content (AvgIpc) is 3.72. The molecular weight excluding hydrogens is 783 g/mol. The standard InChI is InChI=1S/C46H54Si.2CH3.Hf/c1-7-9-11-25-47(26-12-10-8-2,41-29-39-21-15-23-43(45(39)31-41)37-19-13-17-35(27-37)33(3)4)42-30-40-22-16-24-44(46(40)32-42)38-20-14-18-36(28-38)34(5)6;;;/h13-24,27-34H,7-12,25-26H2,1-6H3;2*1H3;. The third kappa shape index (κ3) is 6.09. The first-order valence-electron chi connectivity index (χ1n) is 20.0. The zero-order valence-corrected chi connectivity index (χ0v) is 36.8. The van der Waals surface area contributed by atoms with Crippen molar-refractivity contribution in [3.05, 3.63) is 129 Å². The molecule has 260 valence electrons. The molecule has 0 saturated carbocycles. The molecule has 7 rings (SSSR count). The van der Waals surface area contributed by atoms with Crippen LogP contribution < -0.4 is 0 Å². The fourth-order valence-corrected chi connectivity index (χ4v) is 43.1. The monoisotopic (exact) mass is 844 g/mol. The molecule has 1 aliphatic heterocycles. The maximum absolute atomic E-state index is 3.15. The molecule has 2 atom stereocenters. The Balaban J connectivity index is 1.46. The molecule has 0 N–H and O–H groups in total. The van der Waals surface area contributed by atoms with Crippen LogP contribution in [0.4, 0.5) is 0 Å². The Morgan fingerprint density at radius 3 is 1.38 bits per heavy atom. The Bertz CT molecular complexity index is 1800. The van der Waals surface area contributed by atoms with E-state index < -0.39 is 28.0 Å². The first kappa shape index (κ1) is 35.8. The maximum atomic E-state index is 2.85. The van der Waals surface area contributed by atoms with Crippen molar-refractivity contribution < 1.29 is 20.0 Å². The zero-order chi connectivity index (χ0) is 35.2. The molecule has 1 fully saturated rings. The molecule has 0 amide bonds. The van der Waals surface area contributed by atoms with Crippen LogP contribution in [0, 0.1) is 0 Å². The minimum absolute atomic E-state index is 0.532. The van der Waals surface area contributed by atoms with Gasteiger partial charge in [-0.05, 0) is 0 Å². The summed E-state index contributed by atoms with van der Waals surface area (Å²) in [5.74, 6) is 1.06. The first-order chi connectivity index (χ1) is 24.1. The van der Waals surface area contributed by atoms with E-state index in [2.05, 4.69) is 148 Å². The molecule has 0 aromatic heterocycles. The molecule has 2 heteroatoms. The van der Waals surface area contributed by atoms with Gasteiger partial charge in [0.2, 0.25) is 0 Å². The molecule has 0 nitrogen and oxygen atoms in total. The van der Waals surface area contributed by atoms with Crippen LogP contribution in [-0.2, 0) is 20.0 Å². The zero-order valence-electron chi connectivity index (χ0n) is 32.2. The SMILES string of the molecule is CCCCC[Si]1(CCCCC)C2=Cc3c(-c4cccc(C(C)C)c4)cccc3[CH]2[Hf]([CH3])([CH3])[CH]2C1=Cc1c(-c3cccc(C(C)C)c3)cccc12. The molecular formula is C48H60HfSi. The number of unbranched alkanes of at least 4 members (excludes halogenated alkanes) is 4. The summed E-state index contributed by atoms with van der Waals surface area (Å²) in [4.78, 5) is 0. The molecule has 4 aromatic rings. The third-order valence-corrected chi connectivity index (χ3v) is 35.6. The van der Waals surface area contributed by atoms with Crippen molar-refractivity contribution in [3.8, 4) is 22.3 Å². The Morgan fingerprint density at radius 1 is 0.560 bits per heavy atom. The fraction of sp³-hybridized carbons (Fsp3) is 0.417. The topological polar surface area (TPSA) is 0 Å².